The molecule has 1 aromatic rings. The molecule has 1 N–H and O–H groups in total. The monoisotopic (exact) mass is 190 g/mol. The topological polar surface area (TPSA) is 19.0 Å². The third-order valence-corrected chi connectivity index (χ3v) is 3.86. The molecule has 0 unspecified atom stereocenters. The molecule has 3 aliphatic heterocycles. The van der Waals surface area contributed by atoms with E-state index in [0.717, 1.165) is 5.92 Å². The van der Waals surface area contributed by atoms with Gasteiger partial charge in [0.25, 0.3) is 0 Å². The van der Waals surface area contributed by atoms with E-state index < -0.39 is 0 Å². The minimum atomic E-state index is 0.691. The van der Waals surface area contributed by atoms with Crippen molar-refractivity contribution in [3.05, 3.63) is 23.5 Å². The fourth-order valence-electron chi connectivity index (χ4n) is 3.01. The van der Waals surface area contributed by atoms with Gasteiger partial charge in [-0.15, -0.1) is 0 Å². The van der Waals surface area contributed by atoms with E-state index in [2.05, 4.69) is 29.1 Å². The Morgan fingerprint density at radius 2 is 2.14 bits per heavy atom. The van der Waals surface area contributed by atoms with Gasteiger partial charge < -0.3 is 4.98 Å². The van der Waals surface area contributed by atoms with Crippen LogP contribution in [0.1, 0.15) is 36.6 Å². The number of nitrogens with one attached hydrogen (secondary N) is 1. The third-order valence-electron chi connectivity index (χ3n) is 3.86. The number of hydrogen-bond donors (Lipinski definition) is 1. The molecule has 0 saturated carbocycles. The quantitative estimate of drug-likeness (QED) is 0.721. The molecule has 4 rings (SSSR count). The minimum Gasteiger partial charge on any atom is -0.363 e. The van der Waals surface area contributed by atoms with E-state index in [4.69, 9.17) is 0 Å². The Kier molecular flexibility index (Phi) is 1.91. The molecular weight excluding hydrogens is 172 g/mol. The van der Waals surface area contributed by atoms with Crippen molar-refractivity contribution in [3.8, 4) is 0 Å². The summed E-state index contributed by atoms with van der Waals surface area (Å²) in [5.41, 5.74) is 2.80. The lowest BCUT2D eigenvalue weighted by Crippen LogP contribution is -2.43. The smallest absolute Gasteiger partial charge is 0.0501 e. The first-order valence-electron chi connectivity index (χ1n) is 5.72. The van der Waals surface area contributed by atoms with E-state index in [1.807, 2.05) is 0 Å². The highest BCUT2D eigenvalue weighted by Crippen LogP contribution is 2.39. The second kappa shape index (κ2) is 3.13. The van der Waals surface area contributed by atoms with Crippen LogP contribution in [0.2, 0.25) is 0 Å². The molecule has 3 fully saturated rings. The molecule has 76 valence electrons. The van der Waals surface area contributed by atoms with Crippen molar-refractivity contribution in [1.82, 2.24) is 9.88 Å². The van der Waals surface area contributed by atoms with Crippen molar-refractivity contribution in [1.29, 1.82) is 0 Å². The molecule has 0 spiro atoms. The van der Waals surface area contributed by atoms with Gasteiger partial charge in [0.1, 0.15) is 0 Å². The maximum absolute atomic E-state index is 3.42. The van der Waals surface area contributed by atoms with Gasteiger partial charge in [-0.2, -0.15) is 0 Å². The third kappa shape index (κ3) is 1.29. The van der Waals surface area contributed by atoms with Gasteiger partial charge in [-0.05, 0) is 56.8 Å². The predicted octanol–water partition coefficient (Wildman–Crippen LogP) is 2.48. The zero-order valence-corrected chi connectivity index (χ0v) is 8.79. The molecule has 0 aromatic carbocycles. The summed E-state index contributed by atoms with van der Waals surface area (Å²) in [5, 5.41) is 0. The SMILES string of the molecule is Cc1c[nH]c([C@H]2CC3CCN2CC3)c1. The van der Waals surface area contributed by atoms with Gasteiger partial charge in [0.15, 0.2) is 0 Å². The molecule has 1 atom stereocenters. The zero-order valence-electron chi connectivity index (χ0n) is 8.79. The molecule has 2 heteroatoms. The predicted molar refractivity (Wildman–Crippen MR) is 57.2 cm³/mol. The number of aryl methyl sites for hydroxylation is 1. The number of rotatable bonds is 1. The molecule has 2 nitrogen and oxygen atoms in total. The highest BCUT2D eigenvalue weighted by molar-refractivity contribution is 5.19. The molecular formula is C12H18N2. The number of nitrogens with zero attached hydrogens (tertiary/aromatic N) is 1. The van der Waals surface area contributed by atoms with Crippen molar-refractivity contribution < 1.29 is 0 Å². The molecule has 2 bridgehead atoms. The van der Waals surface area contributed by atoms with Crippen LogP contribution in [-0.4, -0.2) is 23.0 Å². The van der Waals surface area contributed by atoms with Crippen molar-refractivity contribution in [3.63, 3.8) is 0 Å². The summed E-state index contributed by atoms with van der Waals surface area (Å²) in [6, 6.07) is 3.00. The number of aromatic amines is 1. The van der Waals surface area contributed by atoms with Gasteiger partial charge in [-0.25, -0.2) is 0 Å². The highest BCUT2D eigenvalue weighted by atomic mass is 15.2. The number of piperidine rings is 3. The summed E-state index contributed by atoms with van der Waals surface area (Å²) < 4.78 is 0. The number of aromatic nitrogens is 1. The van der Waals surface area contributed by atoms with Gasteiger partial charge in [-0.3, -0.25) is 4.90 Å². The molecule has 0 amide bonds. The summed E-state index contributed by atoms with van der Waals surface area (Å²) in [4.78, 5) is 6.06. The standard InChI is InChI=1S/C12H18N2/c1-9-6-11(13-8-9)12-7-10-2-4-14(12)5-3-10/h6,8,10,12-13H,2-5,7H2,1H3/t12-/m1/s1. The van der Waals surface area contributed by atoms with Crippen LogP contribution in [0.5, 0.6) is 0 Å². The number of hydrogen-bond acceptors (Lipinski definition) is 1. The van der Waals surface area contributed by atoms with Gasteiger partial charge in [-0.1, -0.05) is 0 Å². The van der Waals surface area contributed by atoms with Crippen LogP contribution in [-0.2, 0) is 0 Å². The van der Waals surface area contributed by atoms with E-state index in [0.29, 0.717) is 6.04 Å². The second-order valence-corrected chi connectivity index (χ2v) is 4.86. The maximum Gasteiger partial charge on any atom is 0.0501 e. The maximum atomic E-state index is 3.42. The number of H-pyrrole nitrogens is 1. The molecule has 1 aromatic heterocycles. The van der Waals surface area contributed by atoms with E-state index >= 15 is 0 Å². The summed E-state index contributed by atoms with van der Waals surface area (Å²) in [6.07, 6.45) is 6.35. The Hall–Kier alpha value is -0.760. The van der Waals surface area contributed by atoms with E-state index in [9.17, 15) is 0 Å². The Balaban J connectivity index is 1.85. The first-order valence-corrected chi connectivity index (χ1v) is 5.72. The zero-order chi connectivity index (χ0) is 9.54. The van der Waals surface area contributed by atoms with Crippen LogP contribution in [0.4, 0.5) is 0 Å². The van der Waals surface area contributed by atoms with Crippen LogP contribution in [0.3, 0.4) is 0 Å². The Labute approximate surface area is 85.3 Å². The summed E-state index contributed by atoms with van der Waals surface area (Å²) >= 11 is 0. The summed E-state index contributed by atoms with van der Waals surface area (Å²) in [7, 11) is 0. The molecule has 0 aliphatic carbocycles. The van der Waals surface area contributed by atoms with Crippen LogP contribution in [0.15, 0.2) is 12.3 Å². The van der Waals surface area contributed by atoms with Crippen molar-refractivity contribution in [2.24, 2.45) is 5.92 Å². The first kappa shape index (κ1) is 8.54. The Bertz CT molecular complexity index is 321. The average molecular weight is 190 g/mol. The van der Waals surface area contributed by atoms with Gasteiger partial charge in [0.2, 0.25) is 0 Å². The van der Waals surface area contributed by atoms with Crippen molar-refractivity contribution in [2.75, 3.05) is 13.1 Å². The molecule has 0 radical (unpaired) electrons. The largest absolute Gasteiger partial charge is 0.363 e. The molecule has 4 heterocycles. The Morgan fingerprint density at radius 3 is 2.64 bits per heavy atom. The summed E-state index contributed by atoms with van der Waals surface area (Å²) in [6.45, 7) is 4.79. The Morgan fingerprint density at radius 1 is 1.36 bits per heavy atom. The lowest BCUT2D eigenvalue weighted by atomic mass is 9.82. The first-order chi connectivity index (χ1) is 6.83. The van der Waals surface area contributed by atoms with Crippen molar-refractivity contribution >= 4 is 0 Å². The van der Waals surface area contributed by atoms with Gasteiger partial charge in [0.05, 0.1) is 6.04 Å². The van der Waals surface area contributed by atoms with Gasteiger partial charge >= 0.3 is 0 Å². The van der Waals surface area contributed by atoms with Crippen molar-refractivity contribution in [2.45, 2.75) is 32.2 Å². The van der Waals surface area contributed by atoms with Crippen LogP contribution >= 0.6 is 0 Å². The lowest BCUT2D eigenvalue weighted by Gasteiger charge is -2.45. The molecule has 3 aliphatic rings. The van der Waals surface area contributed by atoms with E-state index in [1.165, 1.54) is 43.6 Å². The molecule has 3 saturated heterocycles. The second-order valence-electron chi connectivity index (χ2n) is 4.86. The van der Waals surface area contributed by atoms with Crippen LogP contribution in [0, 0.1) is 12.8 Å². The lowest BCUT2D eigenvalue weighted by molar-refractivity contribution is 0.0471. The number of fused-ring (bicyclic) bond motifs is 3. The minimum absolute atomic E-state index is 0.691. The highest BCUT2D eigenvalue weighted by Gasteiger charge is 2.34. The normalized spacial score (nSPS) is 36.2. The van der Waals surface area contributed by atoms with E-state index in [1.54, 1.807) is 0 Å². The summed E-state index contributed by atoms with van der Waals surface area (Å²) in [5.74, 6) is 0.994. The fourth-order valence-corrected chi connectivity index (χ4v) is 3.01. The van der Waals surface area contributed by atoms with E-state index in [-0.39, 0.29) is 0 Å². The molecule has 14 heavy (non-hydrogen) atoms. The van der Waals surface area contributed by atoms with Gasteiger partial charge in [0, 0.05) is 11.9 Å². The van der Waals surface area contributed by atoms with Crippen LogP contribution in [0.25, 0.3) is 0 Å². The van der Waals surface area contributed by atoms with Crippen LogP contribution < -0.4 is 0 Å². The fraction of sp³-hybridized carbons (Fsp3) is 0.667. The average Bonchev–Trinajstić information content (AvgIpc) is 2.66.